The lowest BCUT2D eigenvalue weighted by Gasteiger charge is -2.19. The molecule has 0 aliphatic carbocycles. The molecule has 1 aromatic heterocycles. The molecule has 33 heavy (non-hydrogen) atoms. The van der Waals surface area contributed by atoms with Gasteiger partial charge in [-0.05, 0) is 60.2 Å². The highest BCUT2D eigenvalue weighted by Crippen LogP contribution is 2.33. The number of nitrogens with zero attached hydrogens (tertiary/aromatic N) is 2. The zero-order valence-corrected chi connectivity index (χ0v) is 18.5. The number of carbonyl (C=O) groups excluding carboxylic acids is 2. The molecule has 1 amide bonds. The minimum Gasteiger partial charge on any atom is -0.497 e. The molecule has 0 fully saturated rings. The molecule has 0 saturated heterocycles. The van der Waals surface area contributed by atoms with E-state index in [2.05, 4.69) is 5.10 Å². The van der Waals surface area contributed by atoms with Crippen molar-refractivity contribution in [3.63, 3.8) is 0 Å². The van der Waals surface area contributed by atoms with Gasteiger partial charge >= 0.3 is 5.97 Å². The number of halogens is 1. The van der Waals surface area contributed by atoms with E-state index in [0.717, 1.165) is 11.3 Å². The Kier molecular flexibility index (Phi) is 6.95. The van der Waals surface area contributed by atoms with Crippen LogP contribution in [-0.4, -0.2) is 42.9 Å². The fourth-order valence-electron chi connectivity index (χ4n) is 3.35. The van der Waals surface area contributed by atoms with Gasteiger partial charge in [0, 0.05) is 11.4 Å². The minimum absolute atomic E-state index is 0.352. The molecule has 170 valence electrons. The van der Waals surface area contributed by atoms with Crippen LogP contribution in [0.15, 0.2) is 76.4 Å². The van der Waals surface area contributed by atoms with Gasteiger partial charge in [-0.15, -0.1) is 0 Å². The van der Waals surface area contributed by atoms with Crippen LogP contribution in [-0.2, 0) is 14.3 Å². The van der Waals surface area contributed by atoms with Crippen molar-refractivity contribution in [1.29, 1.82) is 0 Å². The number of furan rings is 1. The summed E-state index contributed by atoms with van der Waals surface area (Å²) in [7, 11) is 1.59. The van der Waals surface area contributed by atoms with Crippen LogP contribution in [0, 0.1) is 0 Å². The average molecular weight is 469 g/mol. The lowest BCUT2D eigenvalue weighted by Crippen LogP contribution is -2.32. The predicted molar refractivity (Wildman–Crippen MR) is 120 cm³/mol. The van der Waals surface area contributed by atoms with E-state index >= 15 is 0 Å². The molecular formula is C24H21ClN2O6. The summed E-state index contributed by atoms with van der Waals surface area (Å²) in [6.07, 6.45) is 1.99. The molecule has 2 heterocycles. The van der Waals surface area contributed by atoms with E-state index in [1.165, 1.54) is 11.3 Å². The third-order valence-corrected chi connectivity index (χ3v) is 5.21. The van der Waals surface area contributed by atoms with Crippen molar-refractivity contribution < 1.29 is 28.2 Å². The number of ether oxygens (including phenoxy) is 3. The van der Waals surface area contributed by atoms with Gasteiger partial charge in [0.05, 0.1) is 19.1 Å². The Labute approximate surface area is 195 Å². The number of carbonyl (C=O) groups is 2. The van der Waals surface area contributed by atoms with Gasteiger partial charge < -0.3 is 18.6 Å². The molecule has 9 heteroatoms. The predicted octanol–water partition coefficient (Wildman–Crippen LogP) is 4.24. The van der Waals surface area contributed by atoms with Gasteiger partial charge in [-0.1, -0.05) is 17.7 Å². The quantitative estimate of drug-likeness (QED) is 0.459. The maximum atomic E-state index is 12.9. The van der Waals surface area contributed by atoms with Crippen molar-refractivity contribution >= 4 is 29.2 Å². The molecule has 3 aromatic rings. The summed E-state index contributed by atoms with van der Waals surface area (Å²) in [6.45, 7) is -0.829. The van der Waals surface area contributed by atoms with E-state index in [4.69, 9.17) is 30.2 Å². The first-order valence-electron chi connectivity index (χ1n) is 10.1. The number of hydrogen-bond donors (Lipinski definition) is 0. The zero-order chi connectivity index (χ0) is 23.2. The SMILES string of the molecule is COc1ccc(C2=NN(C(=O)COC(=O)COc3cccc(Cl)c3)C(c3ccco3)C2)cc1. The van der Waals surface area contributed by atoms with Crippen LogP contribution in [0.3, 0.4) is 0 Å². The standard InChI is InChI=1S/C24H21ClN2O6/c1-30-18-9-7-16(8-10-18)20-13-21(22-6-3-11-31-22)27(26-20)23(28)14-33-24(29)15-32-19-5-2-4-17(25)12-19/h2-12,21H,13-15H2,1H3. The van der Waals surface area contributed by atoms with E-state index in [9.17, 15) is 9.59 Å². The van der Waals surface area contributed by atoms with Crippen LogP contribution in [0.2, 0.25) is 5.02 Å². The average Bonchev–Trinajstić information content (AvgIpc) is 3.51. The first-order chi connectivity index (χ1) is 16.0. The third-order valence-electron chi connectivity index (χ3n) is 4.97. The van der Waals surface area contributed by atoms with E-state index < -0.39 is 24.5 Å². The van der Waals surface area contributed by atoms with Crippen molar-refractivity contribution in [2.45, 2.75) is 12.5 Å². The fourth-order valence-corrected chi connectivity index (χ4v) is 3.53. The maximum Gasteiger partial charge on any atom is 0.344 e. The van der Waals surface area contributed by atoms with Crippen LogP contribution in [0.25, 0.3) is 0 Å². The number of amides is 1. The molecule has 0 N–H and O–H groups in total. The highest BCUT2D eigenvalue weighted by Gasteiger charge is 2.35. The van der Waals surface area contributed by atoms with Crippen LogP contribution in [0.5, 0.6) is 11.5 Å². The van der Waals surface area contributed by atoms with Gasteiger partial charge in [0.1, 0.15) is 23.3 Å². The Bertz CT molecular complexity index is 1140. The molecule has 1 aliphatic rings. The largest absolute Gasteiger partial charge is 0.497 e. The number of rotatable bonds is 8. The van der Waals surface area contributed by atoms with Crippen LogP contribution in [0.1, 0.15) is 23.8 Å². The smallest absolute Gasteiger partial charge is 0.344 e. The number of hydrogen-bond acceptors (Lipinski definition) is 7. The molecule has 1 unspecified atom stereocenters. The number of methoxy groups -OCH3 is 1. The maximum absolute atomic E-state index is 12.9. The molecule has 0 radical (unpaired) electrons. The summed E-state index contributed by atoms with van der Waals surface area (Å²) >= 11 is 5.89. The fraction of sp³-hybridized carbons (Fsp3) is 0.208. The lowest BCUT2D eigenvalue weighted by atomic mass is 10.0. The van der Waals surface area contributed by atoms with Crippen LogP contribution >= 0.6 is 11.6 Å². The number of benzene rings is 2. The highest BCUT2D eigenvalue weighted by atomic mass is 35.5. The summed E-state index contributed by atoms with van der Waals surface area (Å²) in [4.78, 5) is 24.9. The Morgan fingerprint density at radius 2 is 1.91 bits per heavy atom. The van der Waals surface area contributed by atoms with Gasteiger partial charge in [0.2, 0.25) is 0 Å². The molecule has 1 aliphatic heterocycles. The van der Waals surface area contributed by atoms with Crippen molar-refractivity contribution in [1.82, 2.24) is 5.01 Å². The van der Waals surface area contributed by atoms with E-state index in [1.807, 2.05) is 24.3 Å². The molecule has 0 spiro atoms. The summed E-state index contributed by atoms with van der Waals surface area (Å²) in [5.74, 6) is 0.579. The first kappa shape index (κ1) is 22.4. The lowest BCUT2D eigenvalue weighted by molar-refractivity contribution is -0.154. The first-order valence-corrected chi connectivity index (χ1v) is 10.5. The van der Waals surface area contributed by atoms with Crippen LogP contribution in [0.4, 0.5) is 0 Å². The molecular weight excluding hydrogens is 448 g/mol. The zero-order valence-electron chi connectivity index (χ0n) is 17.8. The normalized spacial score (nSPS) is 15.2. The van der Waals surface area contributed by atoms with Gasteiger partial charge in [0.25, 0.3) is 5.91 Å². The molecule has 4 rings (SSSR count). The van der Waals surface area contributed by atoms with Crippen molar-refractivity contribution in [3.8, 4) is 11.5 Å². The molecule has 0 bridgehead atoms. The Morgan fingerprint density at radius 3 is 2.61 bits per heavy atom. The monoisotopic (exact) mass is 468 g/mol. The second kappa shape index (κ2) is 10.2. The topological polar surface area (TPSA) is 90.6 Å². The third kappa shape index (κ3) is 5.53. The summed E-state index contributed by atoms with van der Waals surface area (Å²) < 4.78 is 21.2. The van der Waals surface area contributed by atoms with Gasteiger partial charge in [0.15, 0.2) is 13.2 Å². The molecule has 1 atom stereocenters. The Balaban J connectivity index is 1.40. The molecule has 0 saturated carbocycles. The molecule has 2 aromatic carbocycles. The van der Waals surface area contributed by atoms with Gasteiger partial charge in [-0.2, -0.15) is 5.10 Å². The van der Waals surface area contributed by atoms with Gasteiger partial charge in [-0.25, -0.2) is 9.80 Å². The number of esters is 1. The van der Waals surface area contributed by atoms with Gasteiger partial charge in [-0.3, -0.25) is 4.79 Å². The van der Waals surface area contributed by atoms with Crippen molar-refractivity contribution in [2.24, 2.45) is 5.10 Å². The highest BCUT2D eigenvalue weighted by molar-refractivity contribution is 6.30. The summed E-state index contributed by atoms with van der Waals surface area (Å²) in [6, 6.07) is 17.1. The van der Waals surface area contributed by atoms with E-state index in [1.54, 1.807) is 43.5 Å². The van der Waals surface area contributed by atoms with E-state index in [-0.39, 0.29) is 6.61 Å². The second-order valence-electron chi connectivity index (χ2n) is 7.16. The van der Waals surface area contributed by atoms with Crippen molar-refractivity contribution in [2.75, 3.05) is 20.3 Å². The van der Waals surface area contributed by atoms with E-state index in [0.29, 0.717) is 28.7 Å². The number of hydrazone groups is 1. The molecule has 8 nitrogen and oxygen atoms in total. The summed E-state index contributed by atoms with van der Waals surface area (Å²) in [5.41, 5.74) is 1.57. The Hall–Kier alpha value is -3.78. The Morgan fingerprint density at radius 1 is 1.09 bits per heavy atom. The summed E-state index contributed by atoms with van der Waals surface area (Å²) in [5, 5.41) is 6.28. The minimum atomic E-state index is -0.684. The van der Waals surface area contributed by atoms with Crippen LogP contribution < -0.4 is 9.47 Å². The van der Waals surface area contributed by atoms with Crippen molar-refractivity contribution in [3.05, 3.63) is 83.3 Å². The second-order valence-corrected chi connectivity index (χ2v) is 7.59.